The zero-order chi connectivity index (χ0) is 15.5. The maximum atomic E-state index is 12.3. The van der Waals surface area contributed by atoms with Crippen LogP contribution in [0.5, 0.6) is 5.75 Å². The van der Waals surface area contributed by atoms with Crippen LogP contribution in [-0.4, -0.2) is 37.0 Å². The Kier molecular flexibility index (Phi) is 4.86. The lowest BCUT2D eigenvalue weighted by atomic mass is 10.3. The van der Waals surface area contributed by atoms with Gasteiger partial charge in [0.2, 0.25) is 0 Å². The average Bonchev–Trinajstić information content (AvgIpc) is 2.88. The number of anilines is 1. The smallest absolute Gasteiger partial charge is 0.265 e. The van der Waals surface area contributed by atoms with E-state index in [4.69, 9.17) is 9.84 Å². The molecule has 114 valence electrons. The molecule has 0 bridgehead atoms. The molecule has 1 aromatic carbocycles. The van der Waals surface area contributed by atoms with Crippen molar-refractivity contribution in [2.24, 2.45) is 0 Å². The van der Waals surface area contributed by atoms with Crippen molar-refractivity contribution >= 4 is 31.6 Å². The van der Waals surface area contributed by atoms with Crippen LogP contribution in [0.15, 0.2) is 40.0 Å². The molecule has 2 N–H and O–H groups in total. The Hall–Kier alpha value is -1.58. The monoisotopic (exact) mass is 375 g/mol. The Morgan fingerprint density at radius 2 is 2.24 bits per heavy atom. The van der Waals surface area contributed by atoms with E-state index in [1.54, 1.807) is 18.2 Å². The standard InChI is InChI=1S/C12H14BrN3O4S/c1-20-12-3-2-9(13)6-11(12)15-21(18,19)10-7-14-16(8-10)4-5-17/h2-3,6-8,15,17H,4-5H2,1H3. The quantitative estimate of drug-likeness (QED) is 0.796. The number of methoxy groups -OCH3 is 1. The summed E-state index contributed by atoms with van der Waals surface area (Å²) in [7, 11) is -2.32. The minimum Gasteiger partial charge on any atom is -0.495 e. The van der Waals surface area contributed by atoms with Gasteiger partial charge in [0.1, 0.15) is 10.6 Å². The summed E-state index contributed by atoms with van der Waals surface area (Å²) in [5.74, 6) is 0.407. The zero-order valence-electron chi connectivity index (χ0n) is 11.2. The Labute approximate surface area is 130 Å². The molecule has 0 amide bonds. The Morgan fingerprint density at radius 1 is 1.48 bits per heavy atom. The average molecular weight is 376 g/mol. The van der Waals surface area contributed by atoms with E-state index in [1.807, 2.05) is 0 Å². The third kappa shape index (κ3) is 3.74. The Bertz CT molecular complexity index is 730. The molecule has 1 aromatic heterocycles. The molecule has 0 saturated heterocycles. The lowest BCUT2D eigenvalue weighted by molar-refractivity contribution is 0.269. The van der Waals surface area contributed by atoms with Crippen molar-refractivity contribution in [1.29, 1.82) is 0 Å². The first kappa shape index (κ1) is 15.8. The van der Waals surface area contributed by atoms with Gasteiger partial charge in [-0.2, -0.15) is 5.10 Å². The maximum absolute atomic E-state index is 12.3. The molecule has 0 atom stereocenters. The van der Waals surface area contributed by atoms with Crippen molar-refractivity contribution < 1.29 is 18.3 Å². The van der Waals surface area contributed by atoms with Gasteiger partial charge < -0.3 is 9.84 Å². The third-order valence-corrected chi connectivity index (χ3v) is 4.47. The lowest BCUT2D eigenvalue weighted by Gasteiger charge is -2.11. The van der Waals surface area contributed by atoms with Crippen molar-refractivity contribution in [3.8, 4) is 5.75 Å². The maximum Gasteiger partial charge on any atom is 0.265 e. The number of sulfonamides is 1. The van der Waals surface area contributed by atoms with Crippen LogP contribution in [0.25, 0.3) is 0 Å². The number of nitrogens with zero attached hydrogens (tertiary/aromatic N) is 2. The summed E-state index contributed by atoms with van der Waals surface area (Å²) in [6, 6.07) is 5.00. The van der Waals surface area contributed by atoms with Crippen LogP contribution in [0.4, 0.5) is 5.69 Å². The second-order valence-corrected chi connectivity index (χ2v) is 6.71. The van der Waals surface area contributed by atoms with Crippen molar-refractivity contribution in [2.75, 3.05) is 18.4 Å². The summed E-state index contributed by atoms with van der Waals surface area (Å²) in [5.41, 5.74) is 0.321. The lowest BCUT2D eigenvalue weighted by Crippen LogP contribution is -2.13. The highest BCUT2D eigenvalue weighted by atomic mass is 79.9. The first-order valence-corrected chi connectivity index (χ1v) is 8.23. The number of ether oxygens (including phenoxy) is 1. The molecule has 0 unspecified atom stereocenters. The molecule has 0 fully saturated rings. The van der Waals surface area contributed by atoms with Gasteiger partial charge in [0, 0.05) is 10.7 Å². The number of halogens is 1. The van der Waals surface area contributed by atoms with Crippen LogP contribution in [0.3, 0.4) is 0 Å². The molecule has 0 aliphatic rings. The number of nitrogens with one attached hydrogen (secondary N) is 1. The Balaban J connectivity index is 2.30. The predicted octanol–water partition coefficient (Wildman–Crippen LogP) is 1.45. The van der Waals surface area contributed by atoms with Crippen molar-refractivity contribution in [3.63, 3.8) is 0 Å². The number of benzene rings is 1. The van der Waals surface area contributed by atoms with Crippen LogP contribution >= 0.6 is 15.9 Å². The minimum absolute atomic E-state index is 0.0120. The van der Waals surface area contributed by atoms with E-state index in [0.29, 0.717) is 11.4 Å². The van der Waals surface area contributed by atoms with Crippen LogP contribution in [-0.2, 0) is 16.6 Å². The number of hydrogen-bond donors (Lipinski definition) is 2. The van der Waals surface area contributed by atoms with E-state index < -0.39 is 10.0 Å². The topological polar surface area (TPSA) is 93.5 Å². The molecule has 1 heterocycles. The number of hydrogen-bond acceptors (Lipinski definition) is 5. The molecule has 7 nitrogen and oxygen atoms in total. The van der Waals surface area contributed by atoms with Crippen LogP contribution in [0.1, 0.15) is 0 Å². The number of rotatable bonds is 6. The molecule has 9 heteroatoms. The molecule has 0 aliphatic carbocycles. The van der Waals surface area contributed by atoms with E-state index in [9.17, 15) is 8.42 Å². The van der Waals surface area contributed by atoms with Gasteiger partial charge in [-0.1, -0.05) is 15.9 Å². The molecular weight excluding hydrogens is 362 g/mol. The highest BCUT2D eigenvalue weighted by Crippen LogP contribution is 2.29. The van der Waals surface area contributed by atoms with E-state index in [0.717, 1.165) is 4.47 Å². The fourth-order valence-corrected chi connectivity index (χ4v) is 3.05. The highest BCUT2D eigenvalue weighted by molar-refractivity contribution is 9.10. The summed E-state index contributed by atoms with van der Waals surface area (Å²) in [5, 5.41) is 12.7. The van der Waals surface area contributed by atoms with E-state index in [2.05, 4.69) is 25.8 Å². The zero-order valence-corrected chi connectivity index (χ0v) is 13.6. The molecule has 2 aromatic rings. The van der Waals surface area contributed by atoms with Gasteiger partial charge >= 0.3 is 0 Å². The van der Waals surface area contributed by atoms with Crippen LogP contribution < -0.4 is 9.46 Å². The normalized spacial score (nSPS) is 11.4. The minimum atomic E-state index is -3.78. The summed E-state index contributed by atoms with van der Waals surface area (Å²) >= 11 is 3.28. The third-order valence-electron chi connectivity index (χ3n) is 2.65. The van der Waals surface area contributed by atoms with Crippen molar-refractivity contribution in [3.05, 3.63) is 35.1 Å². The molecule has 0 aliphatic heterocycles. The van der Waals surface area contributed by atoms with E-state index in [1.165, 1.54) is 24.2 Å². The summed E-state index contributed by atoms with van der Waals surface area (Å²) < 4.78 is 34.3. The second kappa shape index (κ2) is 6.46. The highest BCUT2D eigenvalue weighted by Gasteiger charge is 2.18. The number of aliphatic hydroxyl groups is 1. The van der Waals surface area contributed by atoms with Gasteiger partial charge in [-0.05, 0) is 18.2 Å². The van der Waals surface area contributed by atoms with E-state index >= 15 is 0 Å². The van der Waals surface area contributed by atoms with Gasteiger partial charge in [0.25, 0.3) is 10.0 Å². The van der Waals surface area contributed by atoms with Gasteiger partial charge in [0.15, 0.2) is 0 Å². The van der Waals surface area contributed by atoms with Crippen LogP contribution in [0, 0.1) is 0 Å². The first-order valence-electron chi connectivity index (χ1n) is 5.96. The SMILES string of the molecule is COc1ccc(Br)cc1NS(=O)(=O)c1cnn(CCO)c1. The van der Waals surface area contributed by atoms with Crippen molar-refractivity contribution in [1.82, 2.24) is 9.78 Å². The van der Waals surface area contributed by atoms with Crippen LogP contribution in [0.2, 0.25) is 0 Å². The van der Waals surface area contributed by atoms with Gasteiger partial charge in [-0.3, -0.25) is 9.40 Å². The summed E-state index contributed by atoms with van der Waals surface area (Å²) in [4.78, 5) is 0.0120. The second-order valence-electron chi connectivity index (χ2n) is 4.11. The number of aromatic nitrogens is 2. The largest absolute Gasteiger partial charge is 0.495 e. The first-order chi connectivity index (χ1) is 9.96. The molecule has 21 heavy (non-hydrogen) atoms. The molecule has 0 saturated carbocycles. The van der Waals surface area contributed by atoms with Gasteiger partial charge in [0.05, 0.1) is 32.1 Å². The summed E-state index contributed by atoms with van der Waals surface area (Å²) in [6.07, 6.45) is 2.57. The molecular formula is C12H14BrN3O4S. The van der Waals surface area contributed by atoms with Gasteiger partial charge in [-0.25, -0.2) is 8.42 Å². The van der Waals surface area contributed by atoms with Gasteiger partial charge in [-0.15, -0.1) is 0 Å². The fraction of sp³-hybridized carbons (Fsp3) is 0.250. The Morgan fingerprint density at radius 3 is 2.90 bits per heavy atom. The predicted molar refractivity (Wildman–Crippen MR) is 80.8 cm³/mol. The molecule has 2 rings (SSSR count). The number of aliphatic hydroxyl groups excluding tert-OH is 1. The summed E-state index contributed by atoms with van der Waals surface area (Å²) in [6.45, 7) is 0.115. The fourth-order valence-electron chi connectivity index (χ4n) is 1.67. The molecule has 0 radical (unpaired) electrons. The van der Waals surface area contributed by atoms with E-state index in [-0.39, 0.29) is 18.0 Å². The van der Waals surface area contributed by atoms with Crippen molar-refractivity contribution in [2.45, 2.75) is 11.4 Å². The molecule has 0 spiro atoms.